The Labute approximate surface area is 187 Å². The number of anilines is 4. The van der Waals surface area contributed by atoms with Crippen LogP contribution in [0.1, 0.15) is 11.3 Å². The number of sulfonamides is 1. The molecule has 10 heteroatoms. The molecular formula is C22H25N7O2S. The van der Waals surface area contributed by atoms with Crippen molar-refractivity contribution in [1.82, 2.24) is 19.7 Å². The standard InChI is InChI=1S/C22H25N7O2S/c1-15-19-8-7-18(14-20(19)27-29(15)3)28(2)21-9-11-24-22(26-21)25-17-6-4-5-16(13-17)10-12-32(23,30)31/h4-9,11,13-14H,10,12H2,1-3H3,(H2,23,30,31)(H,24,25,26). The minimum absolute atomic E-state index is 0.104. The first-order valence-electron chi connectivity index (χ1n) is 10.1. The van der Waals surface area contributed by atoms with Crippen LogP contribution in [-0.2, 0) is 23.5 Å². The number of hydrogen-bond donors (Lipinski definition) is 2. The molecule has 0 fully saturated rings. The van der Waals surface area contributed by atoms with Crippen LogP contribution in [0.5, 0.6) is 0 Å². The summed E-state index contributed by atoms with van der Waals surface area (Å²) in [5.74, 6) is 1.06. The SMILES string of the molecule is Cc1c2ccc(N(C)c3ccnc(Nc4cccc(CCS(N)(=O)=O)c4)n3)cc2nn1C. The number of benzene rings is 2. The molecule has 2 heterocycles. The Balaban J connectivity index is 1.54. The third kappa shape index (κ3) is 4.87. The van der Waals surface area contributed by atoms with Crippen molar-refractivity contribution in [2.45, 2.75) is 13.3 Å². The van der Waals surface area contributed by atoms with Gasteiger partial charge in [-0.2, -0.15) is 10.1 Å². The molecule has 166 valence electrons. The maximum Gasteiger partial charge on any atom is 0.229 e. The first-order chi connectivity index (χ1) is 15.2. The van der Waals surface area contributed by atoms with Gasteiger partial charge in [0.1, 0.15) is 5.82 Å². The number of nitrogens with one attached hydrogen (secondary N) is 1. The Morgan fingerprint density at radius 1 is 1.16 bits per heavy atom. The van der Waals surface area contributed by atoms with Gasteiger partial charge in [0.15, 0.2) is 0 Å². The van der Waals surface area contributed by atoms with Crippen LogP contribution in [0, 0.1) is 6.92 Å². The lowest BCUT2D eigenvalue weighted by molar-refractivity contribution is 0.597. The van der Waals surface area contributed by atoms with E-state index in [4.69, 9.17) is 5.14 Å². The number of aromatic nitrogens is 4. The Bertz CT molecular complexity index is 1380. The van der Waals surface area contributed by atoms with Gasteiger partial charge in [0, 0.05) is 42.7 Å². The molecule has 32 heavy (non-hydrogen) atoms. The van der Waals surface area contributed by atoms with Gasteiger partial charge in [-0.05, 0) is 55.3 Å². The van der Waals surface area contributed by atoms with E-state index in [0.717, 1.165) is 39.4 Å². The lowest BCUT2D eigenvalue weighted by Crippen LogP contribution is -2.18. The summed E-state index contributed by atoms with van der Waals surface area (Å²) in [6.07, 6.45) is 2.03. The molecule has 0 saturated heterocycles. The molecule has 0 radical (unpaired) electrons. The summed E-state index contributed by atoms with van der Waals surface area (Å²) in [6, 6.07) is 15.4. The second kappa shape index (κ2) is 8.56. The van der Waals surface area contributed by atoms with E-state index in [1.165, 1.54) is 0 Å². The Morgan fingerprint density at radius 2 is 1.97 bits per heavy atom. The van der Waals surface area contributed by atoms with Gasteiger partial charge in [0.05, 0.1) is 11.3 Å². The van der Waals surface area contributed by atoms with Crippen molar-refractivity contribution in [1.29, 1.82) is 0 Å². The van der Waals surface area contributed by atoms with Gasteiger partial charge in [0.2, 0.25) is 16.0 Å². The highest BCUT2D eigenvalue weighted by Crippen LogP contribution is 2.27. The minimum atomic E-state index is -3.51. The summed E-state index contributed by atoms with van der Waals surface area (Å²) in [4.78, 5) is 10.9. The van der Waals surface area contributed by atoms with Crippen LogP contribution in [0.15, 0.2) is 54.7 Å². The maximum absolute atomic E-state index is 11.2. The van der Waals surface area contributed by atoms with Crippen molar-refractivity contribution in [2.24, 2.45) is 12.2 Å². The predicted molar refractivity (Wildman–Crippen MR) is 127 cm³/mol. The van der Waals surface area contributed by atoms with E-state index >= 15 is 0 Å². The van der Waals surface area contributed by atoms with Gasteiger partial charge in [0.25, 0.3) is 0 Å². The van der Waals surface area contributed by atoms with Crippen LogP contribution in [-0.4, -0.2) is 41.0 Å². The lowest BCUT2D eigenvalue weighted by atomic mass is 10.1. The molecule has 0 atom stereocenters. The molecule has 2 aromatic heterocycles. The molecule has 0 saturated carbocycles. The van der Waals surface area contributed by atoms with Crippen molar-refractivity contribution in [2.75, 3.05) is 23.0 Å². The summed E-state index contributed by atoms with van der Waals surface area (Å²) < 4.78 is 24.3. The van der Waals surface area contributed by atoms with Crippen LogP contribution in [0.3, 0.4) is 0 Å². The first kappa shape index (κ1) is 21.7. The molecule has 3 N–H and O–H groups in total. The molecule has 2 aromatic carbocycles. The molecule has 0 bridgehead atoms. The predicted octanol–water partition coefficient (Wildman–Crippen LogP) is 3.01. The number of fused-ring (bicyclic) bond motifs is 1. The van der Waals surface area contributed by atoms with Gasteiger partial charge in [-0.25, -0.2) is 18.5 Å². The van der Waals surface area contributed by atoms with E-state index in [2.05, 4.69) is 26.4 Å². The largest absolute Gasteiger partial charge is 0.329 e. The van der Waals surface area contributed by atoms with Crippen molar-refractivity contribution >= 4 is 44.1 Å². The zero-order valence-electron chi connectivity index (χ0n) is 18.1. The van der Waals surface area contributed by atoms with Crippen molar-refractivity contribution in [3.05, 3.63) is 66.0 Å². The van der Waals surface area contributed by atoms with Crippen molar-refractivity contribution < 1.29 is 8.42 Å². The molecule has 0 spiro atoms. The molecule has 4 rings (SSSR count). The lowest BCUT2D eigenvalue weighted by Gasteiger charge is -2.19. The summed E-state index contributed by atoms with van der Waals surface area (Å²) >= 11 is 0. The summed E-state index contributed by atoms with van der Waals surface area (Å²) in [5, 5.41) is 14.0. The highest BCUT2D eigenvalue weighted by Gasteiger charge is 2.11. The molecule has 9 nitrogen and oxygen atoms in total. The summed E-state index contributed by atoms with van der Waals surface area (Å²) in [7, 11) is 0.370. The van der Waals surface area contributed by atoms with E-state index < -0.39 is 10.0 Å². The van der Waals surface area contributed by atoms with Crippen LogP contribution in [0.4, 0.5) is 23.1 Å². The second-order valence-electron chi connectivity index (χ2n) is 7.65. The van der Waals surface area contributed by atoms with Crippen molar-refractivity contribution in [3.63, 3.8) is 0 Å². The molecule has 4 aromatic rings. The number of nitrogens with two attached hydrogens (primary N) is 1. The van der Waals surface area contributed by atoms with Gasteiger partial charge < -0.3 is 10.2 Å². The highest BCUT2D eigenvalue weighted by molar-refractivity contribution is 7.89. The fraction of sp³-hybridized carbons (Fsp3) is 0.227. The monoisotopic (exact) mass is 451 g/mol. The number of aryl methyl sites for hydroxylation is 3. The average molecular weight is 452 g/mol. The van der Waals surface area contributed by atoms with Gasteiger partial charge in [-0.1, -0.05) is 12.1 Å². The Kier molecular flexibility index (Phi) is 5.81. The third-order valence-corrected chi connectivity index (χ3v) is 6.12. The smallest absolute Gasteiger partial charge is 0.229 e. The van der Waals surface area contributed by atoms with Crippen molar-refractivity contribution in [3.8, 4) is 0 Å². The molecule has 0 amide bonds. The van der Waals surface area contributed by atoms with Crippen LogP contribution < -0.4 is 15.4 Å². The quantitative estimate of drug-likeness (QED) is 0.443. The number of hydrogen-bond acceptors (Lipinski definition) is 7. The first-order valence-corrected chi connectivity index (χ1v) is 11.8. The van der Waals surface area contributed by atoms with E-state index in [1.807, 2.05) is 73.1 Å². The summed E-state index contributed by atoms with van der Waals surface area (Å²) in [5.41, 5.74) is 4.63. The number of rotatable bonds is 7. The molecule has 0 unspecified atom stereocenters. The van der Waals surface area contributed by atoms with E-state index in [1.54, 1.807) is 6.20 Å². The topological polar surface area (TPSA) is 119 Å². The molecule has 0 aliphatic heterocycles. The van der Waals surface area contributed by atoms with Crippen LogP contribution in [0.2, 0.25) is 0 Å². The maximum atomic E-state index is 11.2. The van der Waals surface area contributed by atoms with Crippen LogP contribution >= 0.6 is 0 Å². The highest BCUT2D eigenvalue weighted by atomic mass is 32.2. The zero-order chi connectivity index (χ0) is 22.9. The van der Waals surface area contributed by atoms with E-state index in [9.17, 15) is 8.42 Å². The Morgan fingerprint density at radius 3 is 2.75 bits per heavy atom. The zero-order valence-corrected chi connectivity index (χ0v) is 19.0. The Hall–Kier alpha value is -3.50. The number of primary sulfonamides is 1. The fourth-order valence-electron chi connectivity index (χ4n) is 3.45. The molecular weight excluding hydrogens is 426 g/mol. The molecule has 0 aliphatic rings. The minimum Gasteiger partial charge on any atom is -0.329 e. The number of nitrogens with zero attached hydrogens (tertiary/aromatic N) is 5. The molecule has 0 aliphatic carbocycles. The normalized spacial score (nSPS) is 11.6. The third-order valence-electron chi connectivity index (χ3n) is 5.34. The van der Waals surface area contributed by atoms with E-state index in [-0.39, 0.29) is 5.75 Å². The van der Waals surface area contributed by atoms with Gasteiger partial charge >= 0.3 is 0 Å². The summed E-state index contributed by atoms with van der Waals surface area (Å²) in [6.45, 7) is 2.05. The van der Waals surface area contributed by atoms with Gasteiger partial charge in [-0.15, -0.1) is 0 Å². The average Bonchev–Trinajstić information content (AvgIpc) is 3.05. The second-order valence-corrected chi connectivity index (χ2v) is 9.38. The van der Waals surface area contributed by atoms with Gasteiger partial charge in [-0.3, -0.25) is 4.68 Å². The van der Waals surface area contributed by atoms with Crippen LogP contribution in [0.25, 0.3) is 10.9 Å². The fourth-order valence-corrected chi connectivity index (χ4v) is 3.97. The van der Waals surface area contributed by atoms with E-state index in [0.29, 0.717) is 12.4 Å².